The Labute approximate surface area is 116 Å². The largest absolute Gasteiger partial charge is 1.00 e. The molecule has 0 radical (unpaired) electrons. The van der Waals surface area contributed by atoms with E-state index < -0.39 is 8.07 Å². The van der Waals surface area contributed by atoms with E-state index in [9.17, 15) is 0 Å². The number of hydrogen-bond acceptors (Lipinski definition) is 0. The normalized spacial score (nSPS) is 14.6. The molecule has 0 N–H and O–H groups in total. The van der Waals surface area contributed by atoms with Crippen molar-refractivity contribution in [2.24, 2.45) is 5.41 Å². The van der Waals surface area contributed by atoms with Crippen molar-refractivity contribution in [3.05, 3.63) is 30.3 Å². The second-order valence-corrected chi connectivity index (χ2v) is 11.1. The van der Waals surface area contributed by atoms with Crippen molar-refractivity contribution >= 4 is 8.07 Å². The zero-order valence-corrected chi connectivity index (χ0v) is 13.4. The van der Waals surface area contributed by atoms with Gasteiger partial charge in [0.1, 0.15) is 0 Å². The molecule has 0 aromatic heterocycles. The van der Waals surface area contributed by atoms with E-state index in [0.29, 0.717) is 0 Å². The summed E-state index contributed by atoms with van der Waals surface area (Å²) in [4.78, 5) is 0. The van der Waals surface area contributed by atoms with Crippen LogP contribution in [0.5, 0.6) is 0 Å². The summed E-state index contributed by atoms with van der Waals surface area (Å²) in [6.45, 7) is 17.8. The maximum absolute atomic E-state index is 3.98. The second kappa shape index (κ2) is 7.59. The first-order chi connectivity index (χ1) is 6.68. The minimum Gasteiger partial charge on any atom is -0.318 e. The first-order valence-electron chi connectivity index (χ1n) is 5.82. The summed E-state index contributed by atoms with van der Waals surface area (Å²) < 4.78 is 0. The SMILES string of the molecule is C=CC(C)([CH-][Si](C)(C)C)CCC=C(C)C.[Li+]. The third-order valence-corrected chi connectivity index (χ3v) is 3.99. The van der Waals surface area contributed by atoms with Crippen molar-refractivity contribution < 1.29 is 18.9 Å². The summed E-state index contributed by atoms with van der Waals surface area (Å²) in [6.07, 6.45) is 6.78. The smallest absolute Gasteiger partial charge is 0.318 e. The molecule has 0 bridgehead atoms. The molecule has 16 heavy (non-hydrogen) atoms. The van der Waals surface area contributed by atoms with Crippen molar-refractivity contribution in [1.82, 2.24) is 0 Å². The van der Waals surface area contributed by atoms with Gasteiger partial charge in [-0.05, 0) is 20.3 Å². The summed E-state index contributed by atoms with van der Waals surface area (Å²) in [5.74, 6) is 0. The van der Waals surface area contributed by atoms with Crippen LogP contribution >= 0.6 is 0 Å². The van der Waals surface area contributed by atoms with Gasteiger partial charge in [-0.25, -0.2) is 0 Å². The van der Waals surface area contributed by atoms with Crippen molar-refractivity contribution in [2.75, 3.05) is 0 Å². The third kappa shape index (κ3) is 9.52. The quantitative estimate of drug-likeness (QED) is 0.372. The molecule has 0 aromatic rings. The van der Waals surface area contributed by atoms with Crippen LogP contribution in [0.3, 0.4) is 0 Å². The van der Waals surface area contributed by atoms with Gasteiger partial charge in [0, 0.05) is 0 Å². The van der Waals surface area contributed by atoms with Crippen LogP contribution in [0.15, 0.2) is 24.3 Å². The van der Waals surface area contributed by atoms with Crippen molar-refractivity contribution in [2.45, 2.75) is 53.3 Å². The van der Waals surface area contributed by atoms with Gasteiger partial charge >= 0.3 is 18.9 Å². The van der Waals surface area contributed by atoms with Gasteiger partial charge in [-0.3, -0.25) is 0 Å². The van der Waals surface area contributed by atoms with Gasteiger partial charge in [0.25, 0.3) is 0 Å². The minimum absolute atomic E-state index is 0. The molecule has 1 unspecified atom stereocenters. The van der Waals surface area contributed by atoms with E-state index in [1.165, 1.54) is 12.0 Å². The first-order valence-corrected chi connectivity index (χ1v) is 9.40. The molecule has 0 rings (SSSR count). The molecule has 88 valence electrons. The van der Waals surface area contributed by atoms with Crippen molar-refractivity contribution in [1.29, 1.82) is 0 Å². The van der Waals surface area contributed by atoms with E-state index in [0.717, 1.165) is 6.42 Å². The van der Waals surface area contributed by atoms with Gasteiger partial charge in [-0.1, -0.05) is 44.6 Å². The molecule has 0 fully saturated rings. The Balaban J connectivity index is 0. The van der Waals surface area contributed by atoms with Crippen LogP contribution in [0.4, 0.5) is 0 Å². The number of rotatable bonds is 6. The number of allylic oxidation sites excluding steroid dienone is 3. The monoisotopic (exact) mass is 230 g/mol. The second-order valence-electron chi connectivity index (χ2n) is 6.04. The summed E-state index contributed by atoms with van der Waals surface area (Å²) in [7, 11) is -1.11. The van der Waals surface area contributed by atoms with Gasteiger partial charge in [-0.2, -0.15) is 0 Å². The predicted octanol–water partition coefficient (Wildman–Crippen LogP) is 2.01. The molecule has 0 aliphatic heterocycles. The van der Waals surface area contributed by atoms with E-state index in [1.54, 1.807) is 0 Å². The Bertz CT molecular complexity index is 234. The molecular formula is C14H27LiSi. The van der Waals surface area contributed by atoms with Crippen molar-refractivity contribution in [3.63, 3.8) is 0 Å². The molecule has 0 nitrogen and oxygen atoms in total. The fraction of sp³-hybridized carbons (Fsp3) is 0.643. The Morgan fingerprint density at radius 1 is 1.31 bits per heavy atom. The van der Waals surface area contributed by atoms with Gasteiger partial charge in [-0.15, -0.1) is 26.1 Å². The van der Waals surface area contributed by atoms with Crippen LogP contribution in [0.2, 0.25) is 19.6 Å². The average Bonchev–Trinajstić information content (AvgIpc) is 2.00. The molecule has 0 aliphatic rings. The average molecular weight is 230 g/mol. The summed E-state index contributed by atoms with van der Waals surface area (Å²) in [6, 6.07) is 2.55. The standard InChI is InChI=1S/C14H27Si.Li/c1-8-14(4,12-15(5,6)7)11-9-10-13(2)3;/h8,10,12H,1,9,11H2,2-7H3;/q-1;+1. The fourth-order valence-electron chi connectivity index (χ4n) is 1.89. The molecule has 0 heterocycles. The van der Waals surface area contributed by atoms with Gasteiger partial charge in [0.05, 0.1) is 0 Å². The summed E-state index contributed by atoms with van der Waals surface area (Å²) in [5, 5.41) is 0. The van der Waals surface area contributed by atoms with Crippen LogP contribution < -0.4 is 18.9 Å². The Morgan fingerprint density at radius 3 is 2.12 bits per heavy atom. The molecule has 0 aromatic carbocycles. The van der Waals surface area contributed by atoms with Crippen LogP contribution in [-0.4, -0.2) is 8.07 Å². The molecule has 0 spiro atoms. The van der Waals surface area contributed by atoms with E-state index in [-0.39, 0.29) is 24.3 Å². The summed E-state index contributed by atoms with van der Waals surface area (Å²) in [5.41, 5.74) is 1.63. The molecular weight excluding hydrogens is 203 g/mol. The van der Waals surface area contributed by atoms with Gasteiger partial charge in [0.15, 0.2) is 0 Å². The van der Waals surface area contributed by atoms with Crippen LogP contribution in [-0.2, 0) is 0 Å². The van der Waals surface area contributed by atoms with Crippen LogP contribution in [0.1, 0.15) is 33.6 Å². The molecule has 0 aliphatic carbocycles. The van der Waals surface area contributed by atoms with Crippen LogP contribution in [0.25, 0.3) is 0 Å². The Morgan fingerprint density at radius 2 is 1.81 bits per heavy atom. The topological polar surface area (TPSA) is 0 Å². The van der Waals surface area contributed by atoms with Crippen LogP contribution in [0, 0.1) is 11.5 Å². The molecule has 0 saturated carbocycles. The fourth-order valence-corrected chi connectivity index (χ4v) is 4.13. The summed E-state index contributed by atoms with van der Waals surface area (Å²) >= 11 is 0. The van der Waals surface area contributed by atoms with Gasteiger partial charge in [0.2, 0.25) is 0 Å². The van der Waals surface area contributed by atoms with Crippen molar-refractivity contribution in [3.8, 4) is 0 Å². The number of hydrogen-bond donors (Lipinski definition) is 0. The maximum atomic E-state index is 3.98. The van der Waals surface area contributed by atoms with Gasteiger partial charge < -0.3 is 6.04 Å². The third-order valence-electron chi connectivity index (χ3n) is 2.46. The Kier molecular flexibility index (Phi) is 8.85. The zero-order valence-electron chi connectivity index (χ0n) is 12.4. The maximum Gasteiger partial charge on any atom is 1.00 e. The molecule has 1 atom stereocenters. The minimum atomic E-state index is -1.11. The predicted molar refractivity (Wildman–Crippen MR) is 74.6 cm³/mol. The van der Waals surface area contributed by atoms with E-state index >= 15 is 0 Å². The van der Waals surface area contributed by atoms with E-state index in [4.69, 9.17) is 0 Å². The molecule has 2 heteroatoms. The Hall–Kier alpha value is 0.294. The van der Waals surface area contributed by atoms with E-state index in [1.807, 2.05) is 0 Å². The first kappa shape index (κ1) is 18.7. The molecule has 0 saturated heterocycles. The van der Waals surface area contributed by atoms with E-state index in [2.05, 4.69) is 65.2 Å². The molecule has 0 amide bonds. The zero-order chi connectivity index (χ0) is 12.1.